The molecule has 0 saturated carbocycles. The molecule has 0 spiro atoms. The second-order valence-electron chi connectivity index (χ2n) is 7.21. The van der Waals surface area contributed by atoms with E-state index in [9.17, 15) is 13.7 Å². The van der Waals surface area contributed by atoms with Gasteiger partial charge in [-0.05, 0) is 40.2 Å². The van der Waals surface area contributed by atoms with Gasteiger partial charge in [0.05, 0.1) is 11.1 Å². The Morgan fingerprint density at radius 1 is 1.05 bits per heavy atom. The van der Waals surface area contributed by atoms with Crippen molar-refractivity contribution in [3.05, 3.63) is 24.3 Å². The molecule has 0 aliphatic carbocycles. The molecule has 0 bridgehead atoms. The Bertz CT molecular complexity index is 481. The number of quaternary nitrogens is 1. The van der Waals surface area contributed by atoms with Crippen LogP contribution in [0.5, 0.6) is 0 Å². The van der Waals surface area contributed by atoms with Gasteiger partial charge in [-0.1, -0.05) is 23.7 Å². The lowest BCUT2D eigenvalue weighted by Crippen LogP contribution is -3.23. The van der Waals surface area contributed by atoms with Gasteiger partial charge in [0.15, 0.2) is 0 Å². The first-order valence-corrected chi connectivity index (χ1v) is 7.27. The molecule has 2 rings (SSSR count). The van der Waals surface area contributed by atoms with Crippen molar-refractivity contribution in [2.45, 2.75) is 58.0 Å². The van der Waals surface area contributed by atoms with E-state index in [1.165, 1.54) is 6.07 Å². The SMILES string of the molecule is CC1(C)CCCC(C)(C)[NH+]1c1ccccc1[B-](O)(F)F. The number of hydrogen-bond donors (Lipinski definition) is 2. The van der Waals surface area contributed by atoms with Crippen LogP contribution in [0.1, 0.15) is 47.0 Å². The third-order valence-corrected chi connectivity index (χ3v) is 4.56. The van der Waals surface area contributed by atoms with Crippen molar-refractivity contribution >= 4 is 18.1 Å². The fraction of sp³-hybridized carbons (Fsp3) is 0.600. The fourth-order valence-corrected chi connectivity index (χ4v) is 3.89. The monoisotopic (exact) mass is 283 g/mol. The van der Waals surface area contributed by atoms with Crippen molar-refractivity contribution in [3.8, 4) is 0 Å². The van der Waals surface area contributed by atoms with Crippen LogP contribution in [0.2, 0.25) is 0 Å². The summed E-state index contributed by atoms with van der Waals surface area (Å²) >= 11 is 0. The minimum atomic E-state index is -4.48. The topological polar surface area (TPSA) is 24.7 Å². The molecule has 112 valence electrons. The van der Waals surface area contributed by atoms with Gasteiger partial charge in [-0.25, -0.2) is 0 Å². The molecule has 0 aromatic heterocycles. The molecule has 2 N–H and O–H groups in total. The van der Waals surface area contributed by atoms with Gasteiger partial charge < -0.3 is 13.7 Å². The smallest absolute Gasteiger partial charge is 0.479 e. The van der Waals surface area contributed by atoms with Crippen molar-refractivity contribution in [3.63, 3.8) is 0 Å². The maximum atomic E-state index is 13.6. The summed E-state index contributed by atoms with van der Waals surface area (Å²) in [5.74, 6) is 0. The van der Waals surface area contributed by atoms with Gasteiger partial charge in [-0.3, -0.25) is 4.90 Å². The molecule has 0 unspecified atom stereocenters. The summed E-state index contributed by atoms with van der Waals surface area (Å²) in [5, 5.41) is 9.26. The highest BCUT2D eigenvalue weighted by molar-refractivity contribution is 6.74. The summed E-state index contributed by atoms with van der Waals surface area (Å²) in [6, 6.07) is 6.41. The Kier molecular flexibility index (Phi) is 3.72. The van der Waals surface area contributed by atoms with Crippen molar-refractivity contribution in [2.24, 2.45) is 0 Å². The summed E-state index contributed by atoms with van der Waals surface area (Å²) < 4.78 is 27.2. The maximum Gasteiger partial charge on any atom is 0.479 e. The minimum absolute atomic E-state index is 0.126. The molecule has 20 heavy (non-hydrogen) atoms. The number of rotatable bonds is 2. The number of benzene rings is 1. The highest BCUT2D eigenvalue weighted by Gasteiger charge is 2.48. The van der Waals surface area contributed by atoms with Gasteiger partial charge in [0.25, 0.3) is 0 Å². The molecule has 1 fully saturated rings. The predicted molar refractivity (Wildman–Crippen MR) is 78.9 cm³/mol. The van der Waals surface area contributed by atoms with Crippen LogP contribution in [0, 0.1) is 0 Å². The molecule has 5 heteroatoms. The van der Waals surface area contributed by atoms with E-state index in [2.05, 4.69) is 27.7 Å². The molecule has 1 heterocycles. The number of nitrogens with one attached hydrogen (secondary N) is 1. The van der Waals surface area contributed by atoms with Crippen LogP contribution in [-0.4, -0.2) is 23.0 Å². The van der Waals surface area contributed by atoms with Gasteiger partial charge in [0.2, 0.25) is 0 Å². The first-order chi connectivity index (χ1) is 9.06. The van der Waals surface area contributed by atoms with E-state index in [1.807, 2.05) is 0 Å². The highest BCUT2D eigenvalue weighted by Crippen LogP contribution is 2.26. The zero-order chi connectivity index (χ0) is 15.2. The van der Waals surface area contributed by atoms with Crippen molar-refractivity contribution in [1.82, 2.24) is 0 Å². The average molecular weight is 283 g/mol. The summed E-state index contributed by atoms with van der Waals surface area (Å²) in [4.78, 5) is 1.04. The van der Waals surface area contributed by atoms with Gasteiger partial charge in [-0.15, -0.1) is 0 Å². The first-order valence-electron chi connectivity index (χ1n) is 7.27. The van der Waals surface area contributed by atoms with E-state index in [1.54, 1.807) is 18.2 Å². The largest absolute Gasteiger partial charge is 0.549 e. The highest BCUT2D eigenvalue weighted by atomic mass is 19.2. The summed E-state index contributed by atoms with van der Waals surface area (Å²) in [7, 11) is 0. The predicted octanol–water partition coefficient (Wildman–Crippen LogP) is 2.02. The van der Waals surface area contributed by atoms with E-state index in [4.69, 9.17) is 0 Å². The van der Waals surface area contributed by atoms with Gasteiger partial charge in [-0.2, -0.15) is 0 Å². The minimum Gasteiger partial charge on any atom is -0.549 e. The van der Waals surface area contributed by atoms with Crippen molar-refractivity contribution in [1.29, 1.82) is 0 Å². The quantitative estimate of drug-likeness (QED) is 0.797. The standard InChI is InChI=1S/C15H23BF2NO/c1-14(2)10-7-11-15(3,4)19(14)13-9-6-5-8-12(13)16(17,18)20/h5-6,8-9,20H,7,10-11H2,1-4H3/q-1/p+1. The number of halogens is 2. The summed E-state index contributed by atoms with van der Waals surface area (Å²) in [5.41, 5.74) is 0.0681. The lowest BCUT2D eigenvalue weighted by Gasteiger charge is -2.50. The van der Waals surface area contributed by atoms with E-state index >= 15 is 0 Å². The third kappa shape index (κ3) is 2.74. The first kappa shape index (κ1) is 15.5. The summed E-state index contributed by atoms with van der Waals surface area (Å²) in [6.07, 6.45) is 3.08. The summed E-state index contributed by atoms with van der Waals surface area (Å²) in [6.45, 7) is 3.98. The third-order valence-electron chi connectivity index (χ3n) is 4.56. The Balaban J connectivity index is 2.59. The molecule has 0 amide bonds. The van der Waals surface area contributed by atoms with Crippen molar-refractivity contribution in [2.75, 3.05) is 0 Å². The van der Waals surface area contributed by atoms with E-state index in [0.717, 1.165) is 24.2 Å². The number of para-hydroxylation sites is 1. The second kappa shape index (κ2) is 4.81. The van der Waals surface area contributed by atoms with Crippen LogP contribution < -0.4 is 10.4 Å². The lowest BCUT2D eigenvalue weighted by molar-refractivity contribution is -0.941. The molecule has 1 aromatic carbocycles. The Labute approximate surface area is 119 Å². The van der Waals surface area contributed by atoms with Gasteiger partial charge in [0.1, 0.15) is 5.69 Å². The molecule has 0 radical (unpaired) electrons. The molecular weight excluding hydrogens is 259 g/mol. The molecule has 1 aromatic rings. The average Bonchev–Trinajstić information content (AvgIpc) is 2.25. The Morgan fingerprint density at radius 3 is 2.05 bits per heavy atom. The van der Waals surface area contributed by atoms with Crippen LogP contribution in [-0.2, 0) is 0 Å². The Hall–Kier alpha value is -0.935. The number of piperidine rings is 1. The molecule has 0 atom stereocenters. The molecule has 2 nitrogen and oxygen atoms in total. The maximum absolute atomic E-state index is 13.6. The van der Waals surface area contributed by atoms with Crippen molar-refractivity contribution < 1.29 is 18.6 Å². The zero-order valence-electron chi connectivity index (χ0n) is 12.7. The molecule has 1 aliphatic rings. The van der Waals surface area contributed by atoms with E-state index < -0.39 is 6.90 Å². The molecule has 1 aliphatic heterocycles. The molecule has 1 saturated heterocycles. The van der Waals surface area contributed by atoms with E-state index in [0.29, 0.717) is 5.69 Å². The van der Waals surface area contributed by atoms with Crippen LogP contribution in [0.15, 0.2) is 24.3 Å². The van der Waals surface area contributed by atoms with Gasteiger partial charge >= 0.3 is 6.90 Å². The number of hydrogen-bond acceptors (Lipinski definition) is 1. The van der Waals surface area contributed by atoms with E-state index in [-0.39, 0.29) is 16.5 Å². The zero-order valence-corrected chi connectivity index (χ0v) is 12.7. The van der Waals surface area contributed by atoms with Gasteiger partial charge in [0, 0.05) is 12.8 Å². The van der Waals surface area contributed by atoms with Crippen LogP contribution >= 0.6 is 0 Å². The van der Waals surface area contributed by atoms with Crippen LogP contribution in [0.4, 0.5) is 14.3 Å². The Morgan fingerprint density at radius 2 is 1.55 bits per heavy atom. The fourth-order valence-electron chi connectivity index (χ4n) is 3.89. The lowest BCUT2D eigenvalue weighted by atomic mass is 9.72. The van der Waals surface area contributed by atoms with Crippen LogP contribution in [0.3, 0.4) is 0 Å². The second-order valence-corrected chi connectivity index (χ2v) is 7.21. The van der Waals surface area contributed by atoms with Crippen LogP contribution in [0.25, 0.3) is 0 Å². The normalized spacial score (nSPS) is 22.8. The molecular formula is C15H24BF2NO.